The van der Waals surface area contributed by atoms with E-state index in [-0.39, 0.29) is 5.91 Å². The van der Waals surface area contributed by atoms with Crippen molar-refractivity contribution in [1.82, 2.24) is 4.31 Å². The van der Waals surface area contributed by atoms with E-state index in [2.05, 4.69) is 0 Å². The van der Waals surface area contributed by atoms with E-state index in [9.17, 15) is 13.2 Å². The molecule has 1 atom stereocenters. The normalized spacial score (nSPS) is 20.7. The lowest BCUT2D eigenvalue weighted by molar-refractivity contribution is -0.120. The van der Waals surface area contributed by atoms with Gasteiger partial charge in [-0.3, -0.25) is 4.79 Å². The molecule has 1 aliphatic heterocycles. The Bertz CT molecular complexity index is 542. The number of hydrogen-bond donors (Lipinski definition) is 0. The minimum Gasteiger partial charge on any atom is -0.311 e. The zero-order valence-corrected chi connectivity index (χ0v) is 11.2. The van der Waals surface area contributed by atoms with Crippen LogP contribution < -0.4 is 4.90 Å². The first kappa shape index (κ1) is 13.0. The molecule has 0 radical (unpaired) electrons. The van der Waals surface area contributed by atoms with Crippen LogP contribution in [0, 0.1) is 0 Å². The van der Waals surface area contributed by atoms with Gasteiger partial charge in [0.25, 0.3) is 0 Å². The number of rotatable bonds is 3. The summed E-state index contributed by atoms with van der Waals surface area (Å²) >= 11 is 0. The van der Waals surface area contributed by atoms with E-state index in [0.29, 0.717) is 13.0 Å². The summed E-state index contributed by atoms with van der Waals surface area (Å²) in [5, 5.41) is 0. The van der Waals surface area contributed by atoms with Crippen LogP contribution in [0.15, 0.2) is 30.3 Å². The molecule has 0 aliphatic carbocycles. The van der Waals surface area contributed by atoms with Crippen LogP contribution in [0.3, 0.4) is 0 Å². The number of carbonyl (C=O) groups is 1. The van der Waals surface area contributed by atoms with Gasteiger partial charge in [0.15, 0.2) is 0 Å². The van der Waals surface area contributed by atoms with Gasteiger partial charge in [-0.15, -0.1) is 0 Å². The van der Waals surface area contributed by atoms with Gasteiger partial charge in [-0.1, -0.05) is 18.2 Å². The second-order valence-electron chi connectivity index (χ2n) is 4.41. The molecular weight excluding hydrogens is 252 g/mol. The molecule has 0 N–H and O–H groups in total. The van der Waals surface area contributed by atoms with E-state index in [1.807, 2.05) is 30.3 Å². The topological polar surface area (TPSA) is 57.7 Å². The lowest BCUT2D eigenvalue weighted by Crippen LogP contribution is -2.42. The summed E-state index contributed by atoms with van der Waals surface area (Å²) in [7, 11) is -1.89. The molecule has 1 amide bonds. The second-order valence-corrected chi connectivity index (χ2v) is 6.45. The SMILES string of the molecule is CN([C@H]1CCN(c2ccccc2)C1=O)S(C)(=O)=O. The highest BCUT2D eigenvalue weighted by Crippen LogP contribution is 2.24. The van der Waals surface area contributed by atoms with Crippen LogP contribution in [0.4, 0.5) is 5.69 Å². The van der Waals surface area contributed by atoms with Crippen molar-refractivity contribution in [3.8, 4) is 0 Å². The number of hydrogen-bond acceptors (Lipinski definition) is 3. The third-order valence-corrected chi connectivity index (χ3v) is 4.51. The van der Waals surface area contributed by atoms with Crippen molar-refractivity contribution in [1.29, 1.82) is 0 Å². The Balaban J connectivity index is 2.21. The molecule has 1 aromatic carbocycles. The summed E-state index contributed by atoms with van der Waals surface area (Å²) in [5.41, 5.74) is 0.812. The van der Waals surface area contributed by atoms with Crippen LogP contribution in [0.5, 0.6) is 0 Å². The van der Waals surface area contributed by atoms with Crippen molar-refractivity contribution >= 4 is 21.6 Å². The first-order valence-corrected chi connectivity index (χ1v) is 7.55. The standard InChI is InChI=1S/C12H16N2O3S/c1-13(18(2,16)17)11-8-9-14(12(11)15)10-6-4-3-5-7-10/h3-7,11H,8-9H2,1-2H3/t11-/m0/s1. The molecule has 1 fully saturated rings. The second kappa shape index (κ2) is 4.70. The minimum absolute atomic E-state index is 0.158. The smallest absolute Gasteiger partial charge is 0.245 e. The fourth-order valence-corrected chi connectivity index (χ4v) is 2.76. The average molecular weight is 268 g/mol. The average Bonchev–Trinajstić information content (AvgIpc) is 2.70. The molecule has 0 unspecified atom stereocenters. The molecule has 1 heterocycles. The maximum absolute atomic E-state index is 12.2. The Labute approximate surface area is 107 Å². The third kappa shape index (κ3) is 2.39. The first-order chi connectivity index (χ1) is 8.41. The molecule has 0 spiro atoms. The first-order valence-electron chi connectivity index (χ1n) is 5.70. The summed E-state index contributed by atoms with van der Waals surface area (Å²) < 4.78 is 24.1. The van der Waals surface area contributed by atoms with Crippen molar-refractivity contribution in [2.75, 3.05) is 24.7 Å². The van der Waals surface area contributed by atoms with E-state index in [4.69, 9.17) is 0 Å². The van der Waals surface area contributed by atoms with Crippen molar-refractivity contribution in [3.63, 3.8) is 0 Å². The number of likely N-dealkylation sites (N-methyl/N-ethyl adjacent to an activating group) is 1. The van der Waals surface area contributed by atoms with Crippen LogP contribution in [-0.4, -0.2) is 44.5 Å². The van der Waals surface area contributed by atoms with Gasteiger partial charge in [-0.25, -0.2) is 8.42 Å². The number of para-hydroxylation sites is 1. The summed E-state index contributed by atoms with van der Waals surface area (Å²) in [6, 6.07) is 8.71. The van der Waals surface area contributed by atoms with E-state index in [1.54, 1.807) is 4.90 Å². The van der Waals surface area contributed by atoms with E-state index in [0.717, 1.165) is 16.2 Å². The highest BCUT2D eigenvalue weighted by Gasteiger charge is 2.38. The Morgan fingerprint density at radius 2 is 1.89 bits per heavy atom. The molecule has 18 heavy (non-hydrogen) atoms. The Morgan fingerprint density at radius 3 is 2.44 bits per heavy atom. The maximum Gasteiger partial charge on any atom is 0.245 e. The lowest BCUT2D eigenvalue weighted by Gasteiger charge is -2.21. The Hall–Kier alpha value is -1.40. The van der Waals surface area contributed by atoms with Crippen molar-refractivity contribution in [3.05, 3.63) is 30.3 Å². The molecule has 5 nitrogen and oxygen atoms in total. The molecule has 98 valence electrons. The van der Waals surface area contributed by atoms with Crippen LogP contribution in [-0.2, 0) is 14.8 Å². The highest BCUT2D eigenvalue weighted by atomic mass is 32.2. The summed E-state index contributed by atoms with van der Waals surface area (Å²) in [4.78, 5) is 13.8. The van der Waals surface area contributed by atoms with Crippen molar-refractivity contribution in [2.24, 2.45) is 0 Å². The lowest BCUT2D eigenvalue weighted by atomic mass is 10.2. The monoisotopic (exact) mass is 268 g/mol. The van der Waals surface area contributed by atoms with Crippen LogP contribution in [0.1, 0.15) is 6.42 Å². The highest BCUT2D eigenvalue weighted by molar-refractivity contribution is 7.88. The van der Waals surface area contributed by atoms with E-state index < -0.39 is 16.1 Å². The zero-order valence-electron chi connectivity index (χ0n) is 10.4. The van der Waals surface area contributed by atoms with Crippen LogP contribution >= 0.6 is 0 Å². The molecule has 0 saturated carbocycles. The summed E-state index contributed by atoms with van der Waals surface area (Å²) in [6.07, 6.45) is 1.64. The summed E-state index contributed by atoms with van der Waals surface area (Å²) in [5.74, 6) is -0.158. The summed E-state index contributed by atoms with van der Waals surface area (Å²) in [6.45, 7) is 0.549. The Morgan fingerprint density at radius 1 is 1.28 bits per heavy atom. The fourth-order valence-electron chi connectivity index (χ4n) is 2.10. The predicted molar refractivity (Wildman–Crippen MR) is 69.8 cm³/mol. The number of carbonyl (C=O) groups excluding carboxylic acids is 1. The molecular formula is C12H16N2O3S. The van der Waals surface area contributed by atoms with Gasteiger partial charge in [-0.2, -0.15) is 4.31 Å². The van der Waals surface area contributed by atoms with Crippen LogP contribution in [0.25, 0.3) is 0 Å². The number of amides is 1. The molecule has 1 saturated heterocycles. The number of benzene rings is 1. The largest absolute Gasteiger partial charge is 0.311 e. The molecule has 1 aromatic rings. The van der Waals surface area contributed by atoms with Gasteiger partial charge in [0.2, 0.25) is 15.9 Å². The molecule has 0 bridgehead atoms. The zero-order chi connectivity index (χ0) is 13.3. The quantitative estimate of drug-likeness (QED) is 0.810. The Kier molecular flexibility index (Phi) is 3.41. The van der Waals surface area contributed by atoms with Crippen molar-refractivity contribution < 1.29 is 13.2 Å². The predicted octanol–water partition coefficient (Wildman–Crippen LogP) is 0.683. The molecule has 1 aliphatic rings. The number of nitrogens with zero attached hydrogens (tertiary/aromatic N) is 2. The van der Waals surface area contributed by atoms with Gasteiger partial charge in [0.05, 0.1) is 6.26 Å². The van der Waals surface area contributed by atoms with Gasteiger partial charge >= 0.3 is 0 Å². The van der Waals surface area contributed by atoms with Crippen molar-refractivity contribution in [2.45, 2.75) is 12.5 Å². The van der Waals surface area contributed by atoms with Gasteiger partial charge in [0, 0.05) is 19.3 Å². The number of sulfonamides is 1. The number of anilines is 1. The van der Waals surface area contributed by atoms with Gasteiger partial charge in [0.1, 0.15) is 6.04 Å². The van der Waals surface area contributed by atoms with E-state index >= 15 is 0 Å². The van der Waals surface area contributed by atoms with E-state index in [1.165, 1.54) is 7.05 Å². The third-order valence-electron chi connectivity index (χ3n) is 3.21. The molecule has 0 aromatic heterocycles. The minimum atomic E-state index is -3.34. The molecule has 6 heteroatoms. The van der Waals surface area contributed by atoms with Gasteiger partial charge < -0.3 is 4.90 Å². The van der Waals surface area contributed by atoms with Crippen LogP contribution in [0.2, 0.25) is 0 Å². The molecule has 2 rings (SSSR count). The van der Waals surface area contributed by atoms with Gasteiger partial charge in [-0.05, 0) is 18.6 Å². The fraction of sp³-hybridized carbons (Fsp3) is 0.417. The maximum atomic E-state index is 12.2.